The molecule has 0 saturated carbocycles. The van der Waals surface area contributed by atoms with Crippen LogP contribution in [0.3, 0.4) is 0 Å². The number of rotatable bonds is 6. The number of ether oxygens (including phenoxy) is 2. The zero-order valence-electron chi connectivity index (χ0n) is 12.3. The van der Waals surface area contributed by atoms with Gasteiger partial charge in [0.1, 0.15) is 0 Å². The second-order valence-corrected chi connectivity index (χ2v) is 5.35. The van der Waals surface area contributed by atoms with E-state index in [0.717, 1.165) is 17.9 Å². The molecular formula is C15H25NO2. The molecule has 0 aliphatic heterocycles. The average Bonchev–Trinajstić information content (AvgIpc) is 2.37. The van der Waals surface area contributed by atoms with Gasteiger partial charge in [-0.15, -0.1) is 0 Å². The quantitative estimate of drug-likeness (QED) is 0.843. The van der Waals surface area contributed by atoms with Gasteiger partial charge >= 0.3 is 0 Å². The Morgan fingerprint density at radius 3 is 2.28 bits per heavy atom. The molecule has 18 heavy (non-hydrogen) atoms. The molecule has 0 bridgehead atoms. The third-order valence-electron chi connectivity index (χ3n) is 3.47. The first-order valence-corrected chi connectivity index (χ1v) is 6.34. The lowest BCUT2D eigenvalue weighted by molar-refractivity contribution is 0.351. The van der Waals surface area contributed by atoms with Crippen LogP contribution >= 0.6 is 0 Å². The van der Waals surface area contributed by atoms with E-state index in [1.807, 2.05) is 13.1 Å². The Morgan fingerprint density at radius 2 is 1.78 bits per heavy atom. The van der Waals surface area contributed by atoms with Gasteiger partial charge in [-0.3, -0.25) is 0 Å². The minimum atomic E-state index is 0.0992. The Hall–Kier alpha value is -1.22. The van der Waals surface area contributed by atoms with E-state index in [4.69, 9.17) is 9.47 Å². The van der Waals surface area contributed by atoms with Gasteiger partial charge in [-0.1, -0.05) is 19.9 Å². The van der Waals surface area contributed by atoms with Crippen LogP contribution in [0.2, 0.25) is 0 Å². The van der Waals surface area contributed by atoms with Crippen molar-refractivity contribution in [3.05, 3.63) is 23.8 Å². The lowest BCUT2D eigenvalue weighted by atomic mass is 9.79. The van der Waals surface area contributed by atoms with Gasteiger partial charge in [-0.25, -0.2) is 0 Å². The van der Waals surface area contributed by atoms with Crippen molar-refractivity contribution in [3.8, 4) is 11.5 Å². The average molecular weight is 251 g/mol. The van der Waals surface area contributed by atoms with Crippen LogP contribution in [-0.4, -0.2) is 27.3 Å². The van der Waals surface area contributed by atoms with Crippen LogP contribution in [0.4, 0.5) is 0 Å². The van der Waals surface area contributed by atoms with Gasteiger partial charge in [0.2, 0.25) is 0 Å². The van der Waals surface area contributed by atoms with Gasteiger partial charge < -0.3 is 14.8 Å². The standard InChI is InChI=1S/C15H25NO2/c1-11(16-4)10-15(2,3)12-7-8-13(17-5)14(9-12)18-6/h7-9,11,16H,10H2,1-6H3. The molecule has 3 heteroatoms. The minimum absolute atomic E-state index is 0.0992. The molecule has 0 amide bonds. The molecular weight excluding hydrogens is 226 g/mol. The molecule has 1 aromatic rings. The number of methoxy groups -OCH3 is 2. The highest BCUT2D eigenvalue weighted by atomic mass is 16.5. The van der Waals surface area contributed by atoms with Gasteiger partial charge in [0.15, 0.2) is 11.5 Å². The summed E-state index contributed by atoms with van der Waals surface area (Å²) in [6.07, 6.45) is 1.07. The van der Waals surface area contributed by atoms with Crippen LogP contribution in [0.25, 0.3) is 0 Å². The molecule has 102 valence electrons. The van der Waals surface area contributed by atoms with Crippen molar-refractivity contribution in [1.29, 1.82) is 0 Å². The van der Waals surface area contributed by atoms with Gasteiger partial charge in [-0.05, 0) is 43.5 Å². The molecule has 0 spiro atoms. The van der Waals surface area contributed by atoms with Crippen molar-refractivity contribution in [2.45, 2.75) is 38.6 Å². The van der Waals surface area contributed by atoms with Crippen molar-refractivity contribution in [2.24, 2.45) is 0 Å². The first kappa shape index (κ1) is 14.8. The van der Waals surface area contributed by atoms with E-state index in [1.54, 1.807) is 14.2 Å². The highest BCUT2D eigenvalue weighted by Gasteiger charge is 2.24. The molecule has 1 atom stereocenters. The van der Waals surface area contributed by atoms with E-state index in [1.165, 1.54) is 5.56 Å². The maximum Gasteiger partial charge on any atom is 0.161 e. The molecule has 1 unspecified atom stereocenters. The number of hydrogen-bond acceptors (Lipinski definition) is 3. The molecule has 1 rings (SSSR count). The van der Waals surface area contributed by atoms with Crippen molar-refractivity contribution in [2.75, 3.05) is 21.3 Å². The second kappa shape index (κ2) is 6.10. The highest BCUT2D eigenvalue weighted by Crippen LogP contribution is 2.35. The summed E-state index contributed by atoms with van der Waals surface area (Å²) in [6.45, 7) is 6.70. The summed E-state index contributed by atoms with van der Waals surface area (Å²) in [4.78, 5) is 0. The summed E-state index contributed by atoms with van der Waals surface area (Å²) in [7, 11) is 5.33. The Balaban J connectivity index is 3.01. The summed E-state index contributed by atoms with van der Waals surface area (Å²) >= 11 is 0. The van der Waals surface area contributed by atoms with Gasteiger partial charge in [0.05, 0.1) is 14.2 Å². The predicted molar refractivity (Wildman–Crippen MR) is 75.7 cm³/mol. The highest BCUT2D eigenvalue weighted by molar-refractivity contribution is 5.44. The van der Waals surface area contributed by atoms with Gasteiger partial charge in [0.25, 0.3) is 0 Å². The Bertz CT molecular complexity index is 388. The topological polar surface area (TPSA) is 30.5 Å². The van der Waals surface area contributed by atoms with E-state index in [9.17, 15) is 0 Å². The smallest absolute Gasteiger partial charge is 0.161 e. The predicted octanol–water partition coefficient (Wildman–Crippen LogP) is 2.98. The first-order valence-electron chi connectivity index (χ1n) is 6.34. The zero-order chi connectivity index (χ0) is 13.8. The zero-order valence-corrected chi connectivity index (χ0v) is 12.3. The van der Waals surface area contributed by atoms with Crippen molar-refractivity contribution < 1.29 is 9.47 Å². The fraction of sp³-hybridized carbons (Fsp3) is 0.600. The molecule has 0 aromatic heterocycles. The van der Waals surface area contributed by atoms with Gasteiger partial charge in [0, 0.05) is 6.04 Å². The second-order valence-electron chi connectivity index (χ2n) is 5.35. The van der Waals surface area contributed by atoms with E-state index in [-0.39, 0.29) is 5.41 Å². The lowest BCUT2D eigenvalue weighted by Crippen LogP contribution is -2.30. The fourth-order valence-electron chi connectivity index (χ4n) is 2.24. The Kier molecular flexibility index (Phi) is 5.03. The third-order valence-corrected chi connectivity index (χ3v) is 3.47. The van der Waals surface area contributed by atoms with Crippen molar-refractivity contribution in [3.63, 3.8) is 0 Å². The number of benzene rings is 1. The Morgan fingerprint density at radius 1 is 1.17 bits per heavy atom. The largest absolute Gasteiger partial charge is 0.493 e. The monoisotopic (exact) mass is 251 g/mol. The number of nitrogens with one attached hydrogen (secondary N) is 1. The molecule has 0 fully saturated rings. The molecule has 3 nitrogen and oxygen atoms in total. The van der Waals surface area contributed by atoms with Crippen LogP contribution in [0.1, 0.15) is 32.8 Å². The Labute approximate surface area is 110 Å². The fourth-order valence-corrected chi connectivity index (χ4v) is 2.24. The van der Waals surface area contributed by atoms with E-state index in [2.05, 4.69) is 38.2 Å². The minimum Gasteiger partial charge on any atom is -0.493 e. The first-order chi connectivity index (χ1) is 8.44. The summed E-state index contributed by atoms with van der Waals surface area (Å²) in [5, 5.41) is 3.29. The third kappa shape index (κ3) is 3.39. The van der Waals surface area contributed by atoms with Gasteiger partial charge in [-0.2, -0.15) is 0 Å². The summed E-state index contributed by atoms with van der Waals surface area (Å²) in [6, 6.07) is 6.64. The van der Waals surface area contributed by atoms with Crippen LogP contribution in [0, 0.1) is 0 Å². The summed E-state index contributed by atoms with van der Waals surface area (Å²) in [5.41, 5.74) is 1.37. The molecule has 0 aliphatic carbocycles. The van der Waals surface area contributed by atoms with E-state index < -0.39 is 0 Å². The van der Waals surface area contributed by atoms with E-state index in [0.29, 0.717) is 6.04 Å². The van der Waals surface area contributed by atoms with Crippen LogP contribution < -0.4 is 14.8 Å². The normalized spacial score (nSPS) is 13.2. The molecule has 0 heterocycles. The summed E-state index contributed by atoms with van der Waals surface area (Å²) in [5.74, 6) is 1.57. The van der Waals surface area contributed by atoms with Crippen LogP contribution in [-0.2, 0) is 5.41 Å². The van der Waals surface area contributed by atoms with Crippen LogP contribution in [0.15, 0.2) is 18.2 Å². The maximum atomic E-state index is 5.36. The maximum absolute atomic E-state index is 5.36. The molecule has 0 radical (unpaired) electrons. The molecule has 0 saturated heterocycles. The molecule has 0 aliphatic rings. The van der Waals surface area contributed by atoms with Crippen molar-refractivity contribution in [1.82, 2.24) is 5.32 Å². The van der Waals surface area contributed by atoms with Crippen molar-refractivity contribution >= 4 is 0 Å². The molecule has 1 N–H and O–H groups in total. The number of hydrogen-bond donors (Lipinski definition) is 1. The van der Waals surface area contributed by atoms with Crippen LogP contribution in [0.5, 0.6) is 11.5 Å². The van der Waals surface area contributed by atoms with E-state index >= 15 is 0 Å². The molecule has 1 aromatic carbocycles. The SMILES string of the molecule is CNC(C)CC(C)(C)c1ccc(OC)c(OC)c1. The lowest BCUT2D eigenvalue weighted by Gasteiger charge is -2.29. The summed E-state index contributed by atoms with van der Waals surface area (Å²) < 4.78 is 10.6.